The molecular weight excluding hydrogens is 426 g/mol. The maximum atomic E-state index is 12.7. The lowest BCUT2D eigenvalue weighted by Crippen LogP contribution is -2.30. The first-order valence-electron chi connectivity index (χ1n) is 9.60. The first-order valence-corrected chi connectivity index (χ1v) is 11.4. The molecule has 0 aliphatic rings. The minimum absolute atomic E-state index is 0.0494. The average molecular weight is 452 g/mol. The summed E-state index contributed by atoms with van der Waals surface area (Å²) in [6, 6.07) is 7.54. The van der Waals surface area contributed by atoms with E-state index in [1.807, 2.05) is 26.8 Å². The summed E-state index contributed by atoms with van der Waals surface area (Å²) in [6.45, 7) is 9.26. The van der Waals surface area contributed by atoms with Gasteiger partial charge < -0.3 is 4.74 Å². The Hall–Kier alpha value is -2.22. The fourth-order valence-corrected chi connectivity index (χ4v) is 4.76. The number of carbonyl (C=O) groups excluding carboxylic acids is 2. The van der Waals surface area contributed by atoms with Crippen molar-refractivity contribution in [3.05, 3.63) is 63.2 Å². The Morgan fingerprint density at radius 2 is 1.53 bits per heavy atom. The van der Waals surface area contributed by atoms with Gasteiger partial charge >= 0.3 is 5.97 Å². The van der Waals surface area contributed by atoms with Crippen molar-refractivity contribution in [2.45, 2.75) is 39.5 Å². The number of hydrogen-bond donors (Lipinski definition) is 0. The molecule has 2 rings (SSSR count). The minimum Gasteiger partial charge on any atom is -0.454 e. The number of carbonyl (C=O) groups is 2. The van der Waals surface area contributed by atoms with Gasteiger partial charge in [0.2, 0.25) is 15.8 Å². The smallest absolute Gasteiger partial charge is 0.340 e. The Balaban J connectivity index is 2.24. The van der Waals surface area contributed by atoms with Crippen LogP contribution in [-0.2, 0) is 14.8 Å². The topological polar surface area (TPSA) is 80.8 Å². The van der Waals surface area contributed by atoms with Gasteiger partial charge in [-0.25, -0.2) is 13.2 Å². The van der Waals surface area contributed by atoms with Crippen LogP contribution in [0.15, 0.2) is 35.2 Å². The van der Waals surface area contributed by atoms with E-state index in [2.05, 4.69) is 0 Å². The molecule has 0 unspecified atom stereocenters. The molecule has 0 aromatic heterocycles. The van der Waals surface area contributed by atoms with Crippen molar-refractivity contribution in [3.63, 3.8) is 0 Å². The highest BCUT2D eigenvalue weighted by molar-refractivity contribution is 7.89. The number of halogens is 1. The fraction of sp³-hybridized carbons (Fsp3) is 0.364. The second-order valence-electron chi connectivity index (χ2n) is 6.98. The van der Waals surface area contributed by atoms with E-state index in [9.17, 15) is 18.0 Å². The molecule has 0 aliphatic carbocycles. The number of nitrogens with zero attached hydrogens (tertiary/aromatic N) is 1. The molecule has 0 amide bonds. The number of sulfonamides is 1. The SMILES string of the molecule is CCN(CC)S(=O)(=O)c1ccc(Cl)c(C(=O)OCC(=O)c2cc(C)c(C)cc2C)c1. The molecule has 30 heavy (non-hydrogen) atoms. The highest BCUT2D eigenvalue weighted by Crippen LogP contribution is 2.24. The monoisotopic (exact) mass is 451 g/mol. The van der Waals surface area contributed by atoms with Crippen LogP contribution in [0.1, 0.15) is 51.3 Å². The zero-order valence-electron chi connectivity index (χ0n) is 17.8. The van der Waals surface area contributed by atoms with Gasteiger partial charge in [0.15, 0.2) is 6.61 Å². The second-order valence-corrected chi connectivity index (χ2v) is 9.33. The van der Waals surface area contributed by atoms with Gasteiger partial charge in [-0.1, -0.05) is 31.5 Å². The molecular formula is C22H26ClNO5S. The lowest BCUT2D eigenvalue weighted by molar-refractivity contribution is 0.0474. The molecule has 162 valence electrons. The summed E-state index contributed by atoms with van der Waals surface area (Å²) >= 11 is 6.09. The summed E-state index contributed by atoms with van der Waals surface area (Å²) in [7, 11) is -3.76. The van der Waals surface area contributed by atoms with E-state index in [1.54, 1.807) is 19.9 Å². The van der Waals surface area contributed by atoms with Crippen LogP contribution < -0.4 is 0 Å². The van der Waals surface area contributed by atoms with E-state index < -0.39 is 22.6 Å². The molecule has 2 aromatic rings. The molecule has 0 radical (unpaired) electrons. The Morgan fingerprint density at radius 3 is 2.13 bits per heavy atom. The van der Waals surface area contributed by atoms with Crippen molar-refractivity contribution in [3.8, 4) is 0 Å². The number of esters is 1. The Labute approximate surface area is 182 Å². The summed E-state index contributed by atoms with van der Waals surface area (Å²) in [6.07, 6.45) is 0. The molecule has 0 N–H and O–H groups in total. The van der Waals surface area contributed by atoms with Crippen LogP contribution in [0.3, 0.4) is 0 Å². The van der Waals surface area contributed by atoms with Crippen LogP contribution in [0, 0.1) is 20.8 Å². The van der Waals surface area contributed by atoms with Crippen LogP contribution in [0.4, 0.5) is 0 Å². The number of hydrogen-bond acceptors (Lipinski definition) is 5. The lowest BCUT2D eigenvalue weighted by Gasteiger charge is -2.19. The molecule has 0 saturated carbocycles. The Morgan fingerprint density at radius 1 is 0.933 bits per heavy atom. The molecule has 2 aromatic carbocycles. The zero-order chi connectivity index (χ0) is 22.6. The molecule has 0 fully saturated rings. The number of rotatable bonds is 8. The predicted molar refractivity (Wildman–Crippen MR) is 117 cm³/mol. The maximum Gasteiger partial charge on any atom is 0.340 e. The van der Waals surface area contributed by atoms with Crippen molar-refractivity contribution in [1.29, 1.82) is 0 Å². The summed E-state index contributed by atoms with van der Waals surface area (Å²) < 4.78 is 31.8. The first-order chi connectivity index (χ1) is 14.0. The molecule has 0 aliphatic heterocycles. The van der Waals surface area contributed by atoms with Gasteiger partial charge in [0.1, 0.15) is 0 Å². The van der Waals surface area contributed by atoms with Crippen LogP contribution >= 0.6 is 11.6 Å². The first kappa shape index (κ1) is 24.1. The number of Topliss-reactive ketones (excluding diaryl/α,β-unsaturated/α-hetero) is 1. The quantitative estimate of drug-likeness (QED) is 0.440. The molecule has 8 heteroatoms. The molecule has 0 atom stereocenters. The summed E-state index contributed by atoms with van der Waals surface area (Å²) in [5.41, 5.74) is 3.21. The van der Waals surface area contributed by atoms with E-state index in [-0.39, 0.29) is 21.3 Å². The van der Waals surface area contributed by atoms with Crippen molar-refractivity contribution in [2.24, 2.45) is 0 Å². The molecule has 0 heterocycles. The van der Waals surface area contributed by atoms with Gasteiger partial charge in [-0.2, -0.15) is 4.31 Å². The van der Waals surface area contributed by atoms with Gasteiger partial charge in [0.25, 0.3) is 0 Å². The third-order valence-corrected chi connectivity index (χ3v) is 7.35. The van der Waals surface area contributed by atoms with Crippen molar-refractivity contribution < 1.29 is 22.7 Å². The standard InChI is InChI=1S/C22H26ClNO5S/c1-6-24(7-2)30(27,28)17-8-9-20(23)19(12-17)22(26)29-13-21(25)18-11-15(4)14(3)10-16(18)5/h8-12H,6-7,13H2,1-5H3. The van der Waals surface area contributed by atoms with Crippen molar-refractivity contribution in [1.82, 2.24) is 4.31 Å². The molecule has 0 bridgehead atoms. The maximum absolute atomic E-state index is 12.7. The average Bonchev–Trinajstić information content (AvgIpc) is 2.69. The van der Waals surface area contributed by atoms with Gasteiger partial charge in [0.05, 0.1) is 15.5 Å². The van der Waals surface area contributed by atoms with Crippen LogP contribution in [0.2, 0.25) is 5.02 Å². The van der Waals surface area contributed by atoms with E-state index in [1.165, 1.54) is 22.5 Å². The number of benzene rings is 2. The van der Waals surface area contributed by atoms with Crippen LogP contribution in [-0.4, -0.2) is 44.2 Å². The van der Waals surface area contributed by atoms with E-state index in [0.29, 0.717) is 18.7 Å². The van der Waals surface area contributed by atoms with E-state index in [0.717, 1.165) is 16.7 Å². The minimum atomic E-state index is -3.76. The largest absolute Gasteiger partial charge is 0.454 e. The van der Waals surface area contributed by atoms with Gasteiger partial charge in [-0.05, 0) is 61.7 Å². The molecule has 6 nitrogen and oxygen atoms in total. The Kier molecular flexibility index (Phi) is 7.80. The molecule has 0 spiro atoms. The summed E-state index contributed by atoms with van der Waals surface area (Å²) in [5.74, 6) is -1.20. The Bertz CT molecular complexity index is 1080. The normalized spacial score (nSPS) is 11.6. The number of ether oxygens (including phenoxy) is 1. The number of ketones is 1. The van der Waals surface area contributed by atoms with E-state index in [4.69, 9.17) is 16.3 Å². The highest BCUT2D eigenvalue weighted by atomic mass is 35.5. The van der Waals surface area contributed by atoms with Crippen molar-refractivity contribution in [2.75, 3.05) is 19.7 Å². The van der Waals surface area contributed by atoms with Crippen molar-refractivity contribution >= 4 is 33.4 Å². The summed E-state index contributed by atoms with van der Waals surface area (Å²) in [5, 5.41) is 0.0494. The highest BCUT2D eigenvalue weighted by Gasteiger charge is 2.24. The fourth-order valence-electron chi connectivity index (χ4n) is 3.08. The summed E-state index contributed by atoms with van der Waals surface area (Å²) in [4.78, 5) is 25.0. The third kappa shape index (κ3) is 5.09. The third-order valence-electron chi connectivity index (χ3n) is 4.98. The molecule has 0 saturated heterocycles. The zero-order valence-corrected chi connectivity index (χ0v) is 19.4. The lowest BCUT2D eigenvalue weighted by atomic mass is 9.98. The van der Waals surface area contributed by atoms with Crippen LogP contribution in [0.5, 0.6) is 0 Å². The van der Waals surface area contributed by atoms with Crippen LogP contribution in [0.25, 0.3) is 0 Å². The van der Waals surface area contributed by atoms with Gasteiger partial charge in [0, 0.05) is 18.7 Å². The predicted octanol–water partition coefficient (Wildman–Crippen LogP) is 4.34. The van der Waals surface area contributed by atoms with Gasteiger partial charge in [-0.15, -0.1) is 0 Å². The van der Waals surface area contributed by atoms with E-state index >= 15 is 0 Å². The second kappa shape index (κ2) is 9.73. The van der Waals surface area contributed by atoms with Gasteiger partial charge in [-0.3, -0.25) is 4.79 Å². The number of aryl methyl sites for hydroxylation is 3.